The Hall–Kier alpha value is -1.05. The summed E-state index contributed by atoms with van der Waals surface area (Å²) in [4.78, 5) is 0. The molecule has 1 aliphatic rings. The molecular formula is C18H28FN. The van der Waals surface area contributed by atoms with Crippen molar-refractivity contribution in [2.45, 2.75) is 53.4 Å². The molecule has 1 aromatic rings. The summed E-state index contributed by atoms with van der Waals surface area (Å²) in [5, 5.41) is 3.30. The van der Waals surface area contributed by atoms with E-state index in [0.717, 1.165) is 18.0 Å². The average molecular weight is 277 g/mol. The van der Waals surface area contributed by atoms with Crippen LogP contribution in [0.2, 0.25) is 0 Å². The van der Waals surface area contributed by atoms with Crippen molar-refractivity contribution in [3.05, 3.63) is 29.6 Å². The van der Waals surface area contributed by atoms with Crippen molar-refractivity contribution in [1.82, 2.24) is 0 Å². The summed E-state index contributed by atoms with van der Waals surface area (Å²) in [6.07, 6.45) is 5.16. The van der Waals surface area contributed by atoms with Crippen molar-refractivity contribution in [2.75, 3.05) is 11.9 Å². The van der Waals surface area contributed by atoms with Crippen LogP contribution in [0.25, 0.3) is 0 Å². The van der Waals surface area contributed by atoms with Gasteiger partial charge in [0.25, 0.3) is 0 Å². The molecule has 1 aromatic carbocycles. The molecule has 0 spiro atoms. The van der Waals surface area contributed by atoms with Crippen LogP contribution in [0.1, 0.15) is 52.0 Å². The van der Waals surface area contributed by atoms with E-state index in [1.54, 1.807) is 6.07 Å². The van der Waals surface area contributed by atoms with E-state index in [2.05, 4.69) is 26.1 Å². The average Bonchev–Trinajstić information content (AvgIpc) is 2.39. The highest BCUT2D eigenvalue weighted by Crippen LogP contribution is 2.39. The Morgan fingerprint density at radius 3 is 2.40 bits per heavy atom. The zero-order chi connectivity index (χ0) is 14.8. The molecule has 2 heteroatoms. The van der Waals surface area contributed by atoms with Crippen LogP contribution in [-0.4, -0.2) is 6.54 Å². The fourth-order valence-electron chi connectivity index (χ4n) is 3.26. The lowest BCUT2D eigenvalue weighted by molar-refractivity contribution is 0.153. The maximum absolute atomic E-state index is 13.7. The first-order chi connectivity index (χ1) is 9.36. The van der Waals surface area contributed by atoms with Gasteiger partial charge in [-0.05, 0) is 67.6 Å². The largest absolute Gasteiger partial charge is 0.382 e. The van der Waals surface area contributed by atoms with Crippen molar-refractivity contribution in [3.8, 4) is 0 Å². The molecule has 0 bridgehead atoms. The van der Waals surface area contributed by atoms with Crippen LogP contribution in [0.4, 0.5) is 10.1 Å². The maximum Gasteiger partial charge on any atom is 0.146 e. The molecule has 0 heterocycles. The van der Waals surface area contributed by atoms with Gasteiger partial charge in [-0.15, -0.1) is 0 Å². The van der Waals surface area contributed by atoms with Crippen LogP contribution in [0.5, 0.6) is 0 Å². The maximum atomic E-state index is 13.7. The fraction of sp³-hybridized carbons (Fsp3) is 0.667. The van der Waals surface area contributed by atoms with E-state index in [1.807, 2.05) is 19.1 Å². The lowest BCUT2D eigenvalue weighted by Crippen LogP contribution is -2.28. The molecule has 1 saturated carbocycles. The van der Waals surface area contributed by atoms with Gasteiger partial charge in [0.1, 0.15) is 5.82 Å². The standard InChI is InChI=1S/C18H28FN/c1-13-5-10-16(19)17(11-13)20-12-14-6-8-15(9-7-14)18(2,3)4/h5,10-11,14-15,20H,6-9,12H2,1-4H3. The number of nitrogens with one attached hydrogen (secondary N) is 1. The van der Waals surface area contributed by atoms with Gasteiger partial charge in [0.05, 0.1) is 5.69 Å². The molecule has 20 heavy (non-hydrogen) atoms. The quantitative estimate of drug-likeness (QED) is 0.780. The third-order valence-corrected chi connectivity index (χ3v) is 4.77. The van der Waals surface area contributed by atoms with Crippen molar-refractivity contribution in [3.63, 3.8) is 0 Å². The van der Waals surface area contributed by atoms with Crippen LogP contribution < -0.4 is 5.32 Å². The van der Waals surface area contributed by atoms with Gasteiger partial charge >= 0.3 is 0 Å². The number of hydrogen-bond acceptors (Lipinski definition) is 1. The molecule has 0 radical (unpaired) electrons. The van der Waals surface area contributed by atoms with E-state index in [-0.39, 0.29) is 5.82 Å². The first-order valence-corrected chi connectivity index (χ1v) is 7.86. The van der Waals surface area contributed by atoms with Crippen LogP contribution in [0, 0.1) is 30.0 Å². The first kappa shape index (κ1) is 15.3. The zero-order valence-corrected chi connectivity index (χ0v) is 13.3. The molecule has 0 aromatic heterocycles. The monoisotopic (exact) mass is 277 g/mol. The summed E-state index contributed by atoms with van der Waals surface area (Å²) < 4.78 is 13.7. The Labute approximate surface area is 123 Å². The third-order valence-electron chi connectivity index (χ3n) is 4.77. The van der Waals surface area contributed by atoms with E-state index in [1.165, 1.54) is 25.7 Å². The second kappa shape index (κ2) is 6.15. The highest BCUT2D eigenvalue weighted by Gasteiger charge is 2.29. The number of rotatable bonds is 3. The minimum absolute atomic E-state index is 0.140. The third kappa shape index (κ3) is 3.97. The van der Waals surface area contributed by atoms with Gasteiger partial charge in [-0.25, -0.2) is 4.39 Å². The smallest absolute Gasteiger partial charge is 0.146 e. The number of halogens is 1. The molecule has 1 aliphatic carbocycles. The van der Waals surface area contributed by atoms with Gasteiger partial charge in [-0.3, -0.25) is 0 Å². The Morgan fingerprint density at radius 1 is 1.15 bits per heavy atom. The number of hydrogen-bond donors (Lipinski definition) is 1. The van der Waals surface area contributed by atoms with E-state index < -0.39 is 0 Å². The van der Waals surface area contributed by atoms with Gasteiger partial charge < -0.3 is 5.32 Å². The van der Waals surface area contributed by atoms with Crippen LogP contribution in [-0.2, 0) is 0 Å². The van der Waals surface area contributed by atoms with Gasteiger partial charge in [0.2, 0.25) is 0 Å². The lowest BCUT2D eigenvalue weighted by atomic mass is 9.70. The summed E-state index contributed by atoms with van der Waals surface area (Å²) in [6, 6.07) is 5.26. The summed E-state index contributed by atoms with van der Waals surface area (Å²) in [5.74, 6) is 1.39. The summed E-state index contributed by atoms with van der Waals surface area (Å²) >= 11 is 0. The molecule has 0 aliphatic heterocycles. The second-order valence-electron chi connectivity index (χ2n) is 7.45. The van der Waals surface area contributed by atoms with E-state index in [0.29, 0.717) is 17.0 Å². The molecule has 112 valence electrons. The topological polar surface area (TPSA) is 12.0 Å². The zero-order valence-electron chi connectivity index (χ0n) is 13.3. The lowest BCUT2D eigenvalue weighted by Gasteiger charge is -2.37. The first-order valence-electron chi connectivity index (χ1n) is 7.86. The molecule has 1 fully saturated rings. The molecule has 0 amide bonds. The Kier molecular flexibility index (Phi) is 4.72. The van der Waals surface area contributed by atoms with Crippen LogP contribution >= 0.6 is 0 Å². The van der Waals surface area contributed by atoms with Crippen molar-refractivity contribution in [1.29, 1.82) is 0 Å². The SMILES string of the molecule is Cc1ccc(F)c(NCC2CCC(C(C)(C)C)CC2)c1. The summed E-state index contributed by atoms with van der Waals surface area (Å²) in [5.41, 5.74) is 2.19. The van der Waals surface area contributed by atoms with E-state index in [9.17, 15) is 4.39 Å². The van der Waals surface area contributed by atoms with Crippen molar-refractivity contribution >= 4 is 5.69 Å². The van der Waals surface area contributed by atoms with Gasteiger partial charge in [-0.1, -0.05) is 26.8 Å². The normalized spacial score (nSPS) is 23.6. The summed E-state index contributed by atoms with van der Waals surface area (Å²) in [7, 11) is 0. The molecule has 0 atom stereocenters. The summed E-state index contributed by atoms with van der Waals surface area (Å²) in [6.45, 7) is 9.94. The molecule has 1 N–H and O–H groups in total. The highest BCUT2D eigenvalue weighted by atomic mass is 19.1. The molecular weight excluding hydrogens is 249 g/mol. The Bertz CT molecular complexity index is 439. The molecule has 2 rings (SSSR count). The highest BCUT2D eigenvalue weighted by molar-refractivity contribution is 5.47. The van der Waals surface area contributed by atoms with E-state index in [4.69, 9.17) is 0 Å². The van der Waals surface area contributed by atoms with Crippen molar-refractivity contribution < 1.29 is 4.39 Å². The fourth-order valence-corrected chi connectivity index (χ4v) is 3.26. The molecule has 1 nitrogen and oxygen atoms in total. The predicted octanol–water partition coefficient (Wildman–Crippen LogP) is 5.40. The number of aryl methyl sites for hydroxylation is 1. The van der Waals surface area contributed by atoms with Gasteiger partial charge in [0, 0.05) is 6.54 Å². The minimum Gasteiger partial charge on any atom is -0.382 e. The molecule has 0 unspecified atom stereocenters. The number of benzene rings is 1. The number of anilines is 1. The minimum atomic E-state index is -0.140. The van der Waals surface area contributed by atoms with Gasteiger partial charge in [-0.2, -0.15) is 0 Å². The second-order valence-corrected chi connectivity index (χ2v) is 7.45. The predicted molar refractivity (Wildman–Crippen MR) is 84.5 cm³/mol. The van der Waals surface area contributed by atoms with Crippen molar-refractivity contribution in [2.24, 2.45) is 17.3 Å². The van der Waals surface area contributed by atoms with Crippen LogP contribution in [0.3, 0.4) is 0 Å². The van der Waals surface area contributed by atoms with E-state index >= 15 is 0 Å². The Balaban J connectivity index is 1.83. The van der Waals surface area contributed by atoms with Gasteiger partial charge in [0.15, 0.2) is 0 Å². The molecule has 0 saturated heterocycles. The Morgan fingerprint density at radius 2 is 1.80 bits per heavy atom. The van der Waals surface area contributed by atoms with Crippen LogP contribution in [0.15, 0.2) is 18.2 Å².